The zero-order valence-electron chi connectivity index (χ0n) is 16.9. The van der Waals surface area contributed by atoms with Crippen molar-refractivity contribution in [1.29, 1.82) is 0 Å². The maximum atomic E-state index is 11.0. The lowest BCUT2D eigenvalue weighted by Gasteiger charge is -2.33. The van der Waals surface area contributed by atoms with E-state index in [9.17, 15) is 8.42 Å². The van der Waals surface area contributed by atoms with Crippen LogP contribution >= 0.6 is 11.6 Å². The number of nitrogens with zero attached hydrogens (tertiary/aromatic N) is 1. The molecule has 3 rings (SSSR count). The zero-order chi connectivity index (χ0) is 21.0. The number of halogens is 1. The molecule has 2 aromatic rings. The minimum absolute atomic E-state index is 0.118. The first kappa shape index (κ1) is 21.9. The molecule has 158 valence electrons. The number of rotatable bonds is 8. The Morgan fingerprint density at radius 2 is 1.97 bits per heavy atom. The van der Waals surface area contributed by atoms with Gasteiger partial charge in [-0.1, -0.05) is 23.7 Å². The van der Waals surface area contributed by atoms with E-state index in [4.69, 9.17) is 25.3 Å². The van der Waals surface area contributed by atoms with Crippen molar-refractivity contribution in [3.8, 4) is 11.5 Å². The van der Waals surface area contributed by atoms with Crippen LogP contribution in [-0.2, 0) is 20.8 Å². The van der Waals surface area contributed by atoms with Crippen molar-refractivity contribution in [2.45, 2.75) is 18.9 Å². The lowest BCUT2D eigenvalue weighted by molar-refractivity contribution is 0.250. The second-order valence-corrected chi connectivity index (χ2v) is 9.28. The lowest BCUT2D eigenvalue weighted by atomic mass is 9.84. The number of hydrogen-bond donors (Lipinski definition) is 0. The summed E-state index contributed by atoms with van der Waals surface area (Å²) in [5.74, 6) is 1.65. The summed E-state index contributed by atoms with van der Waals surface area (Å²) in [6.45, 7) is 2.25. The molecule has 0 saturated carbocycles. The number of ether oxygens (including phenoxy) is 2. The smallest absolute Gasteiger partial charge is 0.264 e. The molecule has 6 nitrogen and oxygen atoms in total. The molecule has 0 spiro atoms. The number of hydrogen-bond acceptors (Lipinski definition) is 6. The standard InChI is InChI=1S/C21H26ClNO5S/c1-23-13-16-11-17(27-9-4-10-28-29(3,24)25)6-7-18(16)19(14-23)15-5-8-21(26-2)20(22)12-15/h5-8,11-12,19H,4,9-10,13-14H2,1-3H3. The third-order valence-electron chi connectivity index (χ3n) is 4.86. The first-order valence-corrected chi connectivity index (χ1v) is 11.6. The Bertz CT molecular complexity index is 964. The van der Waals surface area contributed by atoms with E-state index >= 15 is 0 Å². The van der Waals surface area contributed by atoms with Crippen LogP contribution in [0, 0.1) is 0 Å². The van der Waals surface area contributed by atoms with E-state index in [1.807, 2.05) is 18.2 Å². The summed E-state index contributed by atoms with van der Waals surface area (Å²) in [7, 11) is 0.299. The van der Waals surface area contributed by atoms with Crippen molar-refractivity contribution in [2.75, 3.05) is 40.2 Å². The summed E-state index contributed by atoms with van der Waals surface area (Å²) in [4.78, 5) is 2.27. The minimum Gasteiger partial charge on any atom is -0.495 e. The van der Waals surface area contributed by atoms with Gasteiger partial charge in [-0.15, -0.1) is 0 Å². The number of fused-ring (bicyclic) bond motifs is 1. The summed E-state index contributed by atoms with van der Waals surface area (Å²) >= 11 is 6.34. The predicted octanol–water partition coefficient (Wildman–Crippen LogP) is 3.67. The van der Waals surface area contributed by atoms with Gasteiger partial charge in [0.25, 0.3) is 10.1 Å². The van der Waals surface area contributed by atoms with Crippen LogP contribution in [-0.4, -0.2) is 53.5 Å². The molecule has 0 radical (unpaired) electrons. The summed E-state index contributed by atoms with van der Waals surface area (Å²) in [5.41, 5.74) is 3.62. The number of benzene rings is 2. The van der Waals surface area contributed by atoms with Gasteiger partial charge < -0.3 is 14.4 Å². The zero-order valence-corrected chi connectivity index (χ0v) is 18.4. The highest BCUT2D eigenvalue weighted by Crippen LogP contribution is 2.37. The van der Waals surface area contributed by atoms with Crippen LogP contribution in [0.4, 0.5) is 0 Å². The maximum absolute atomic E-state index is 11.0. The Hall–Kier alpha value is -1.80. The van der Waals surface area contributed by atoms with Gasteiger partial charge in [0.1, 0.15) is 11.5 Å². The van der Waals surface area contributed by atoms with Crippen molar-refractivity contribution < 1.29 is 22.1 Å². The Kier molecular flexibility index (Phi) is 7.05. The molecule has 1 atom stereocenters. The molecule has 1 aliphatic rings. The SMILES string of the molecule is COc1ccc(C2CN(C)Cc3cc(OCCCOS(C)(=O)=O)ccc32)cc1Cl. The van der Waals surface area contributed by atoms with E-state index < -0.39 is 10.1 Å². The molecule has 0 saturated heterocycles. The van der Waals surface area contributed by atoms with Gasteiger partial charge in [-0.2, -0.15) is 8.42 Å². The van der Waals surface area contributed by atoms with Gasteiger partial charge in [-0.05, 0) is 48.0 Å². The highest BCUT2D eigenvalue weighted by Gasteiger charge is 2.25. The quantitative estimate of drug-likeness (QED) is 0.462. The third-order valence-corrected chi connectivity index (χ3v) is 5.75. The first-order chi connectivity index (χ1) is 13.8. The van der Waals surface area contributed by atoms with Crippen molar-refractivity contribution in [3.05, 3.63) is 58.1 Å². The minimum atomic E-state index is -3.41. The van der Waals surface area contributed by atoms with Crippen LogP contribution in [0.1, 0.15) is 29.0 Å². The Morgan fingerprint density at radius 1 is 1.17 bits per heavy atom. The largest absolute Gasteiger partial charge is 0.495 e. The molecule has 0 aliphatic carbocycles. The van der Waals surface area contributed by atoms with E-state index in [0.29, 0.717) is 23.8 Å². The fraction of sp³-hybridized carbons (Fsp3) is 0.429. The molecule has 0 aromatic heterocycles. The van der Waals surface area contributed by atoms with Gasteiger partial charge in [0, 0.05) is 25.4 Å². The fourth-order valence-corrected chi connectivity index (χ4v) is 4.24. The predicted molar refractivity (Wildman–Crippen MR) is 114 cm³/mol. The van der Waals surface area contributed by atoms with Crippen molar-refractivity contribution >= 4 is 21.7 Å². The van der Waals surface area contributed by atoms with E-state index in [1.165, 1.54) is 11.1 Å². The highest BCUT2D eigenvalue weighted by atomic mass is 35.5. The highest BCUT2D eigenvalue weighted by molar-refractivity contribution is 7.85. The number of likely N-dealkylation sites (N-methyl/N-ethyl adjacent to an activating group) is 1. The molecule has 1 aliphatic heterocycles. The molecule has 1 heterocycles. The molecule has 0 amide bonds. The van der Waals surface area contributed by atoms with Crippen LogP contribution in [0.25, 0.3) is 0 Å². The second kappa shape index (κ2) is 9.34. The molecule has 8 heteroatoms. The molecule has 1 unspecified atom stereocenters. The Labute approximate surface area is 177 Å². The maximum Gasteiger partial charge on any atom is 0.264 e. The summed E-state index contributed by atoms with van der Waals surface area (Å²) < 4.78 is 37.7. The summed E-state index contributed by atoms with van der Waals surface area (Å²) in [6, 6.07) is 12.1. The monoisotopic (exact) mass is 439 g/mol. The van der Waals surface area contributed by atoms with Crippen LogP contribution < -0.4 is 9.47 Å². The van der Waals surface area contributed by atoms with Crippen molar-refractivity contribution in [2.24, 2.45) is 0 Å². The normalized spacial score (nSPS) is 17.0. The molecular formula is C21H26ClNO5S. The van der Waals surface area contributed by atoms with Crippen LogP contribution in [0.15, 0.2) is 36.4 Å². The molecule has 0 bridgehead atoms. The fourth-order valence-electron chi connectivity index (χ4n) is 3.56. The summed E-state index contributed by atoms with van der Waals surface area (Å²) in [6.07, 6.45) is 1.54. The van der Waals surface area contributed by atoms with Crippen LogP contribution in [0.3, 0.4) is 0 Å². The van der Waals surface area contributed by atoms with E-state index in [2.05, 4.69) is 30.1 Å². The van der Waals surface area contributed by atoms with Gasteiger partial charge in [-0.3, -0.25) is 4.18 Å². The van der Waals surface area contributed by atoms with E-state index in [-0.39, 0.29) is 12.5 Å². The van der Waals surface area contributed by atoms with Crippen LogP contribution in [0.5, 0.6) is 11.5 Å². The average Bonchev–Trinajstić information content (AvgIpc) is 2.65. The lowest BCUT2D eigenvalue weighted by Crippen LogP contribution is -2.31. The molecule has 0 fully saturated rings. The van der Waals surface area contributed by atoms with Gasteiger partial charge in [0.15, 0.2) is 0 Å². The van der Waals surface area contributed by atoms with Crippen molar-refractivity contribution in [1.82, 2.24) is 4.90 Å². The molecule has 2 aromatic carbocycles. The summed E-state index contributed by atoms with van der Waals surface area (Å²) in [5, 5.41) is 0.607. The van der Waals surface area contributed by atoms with Gasteiger partial charge in [0.2, 0.25) is 0 Å². The van der Waals surface area contributed by atoms with Gasteiger partial charge in [0.05, 0.1) is 31.6 Å². The molecular weight excluding hydrogens is 414 g/mol. The Morgan fingerprint density at radius 3 is 2.66 bits per heavy atom. The molecule has 0 N–H and O–H groups in total. The Balaban J connectivity index is 1.72. The van der Waals surface area contributed by atoms with Gasteiger partial charge in [-0.25, -0.2) is 0 Å². The second-order valence-electron chi connectivity index (χ2n) is 7.23. The van der Waals surface area contributed by atoms with Gasteiger partial charge >= 0.3 is 0 Å². The first-order valence-electron chi connectivity index (χ1n) is 9.39. The molecule has 29 heavy (non-hydrogen) atoms. The topological polar surface area (TPSA) is 65.1 Å². The third kappa shape index (κ3) is 5.85. The average molecular weight is 440 g/mol. The van der Waals surface area contributed by atoms with Crippen molar-refractivity contribution in [3.63, 3.8) is 0 Å². The van der Waals surface area contributed by atoms with Crippen LogP contribution in [0.2, 0.25) is 5.02 Å². The number of methoxy groups -OCH3 is 1. The van der Waals surface area contributed by atoms with E-state index in [1.54, 1.807) is 7.11 Å². The van der Waals surface area contributed by atoms with E-state index in [0.717, 1.165) is 30.7 Å².